The van der Waals surface area contributed by atoms with Gasteiger partial charge in [-0.25, -0.2) is 0 Å². The van der Waals surface area contributed by atoms with Gasteiger partial charge in [-0.3, -0.25) is 9.59 Å². The lowest BCUT2D eigenvalue weighted by Crippen LogP contribution is -2.46. The van der Waals surface area contributed by atoms with E-state index < -0.39 is 30.0 Å². The summed E-state index contributed by atoms with van der Waals surface area (Å²) >= 11 is 0. The summed E-state index contributed by atoms with van der Waals surface area (Å²) in [5.41, 5.74) is -0.846. The fourth-order valence-corrected chi connectivity index (χ4v) is 1.64. The lowest BCUT2D eigenvalue weighted by molar-refractivity contribution is -0.174. The number of nitrogens with one attached hydrogen (secondary N) is 1. The standard InChI is InChI=1S/C13H14F3NO3/c1-12(11(19)20,7-9-5-3-2-4-6-9)8-17-10(18)13(14,15)16/h2-6H,7-8H2,1H3,(H,17,18)(H,19,20). The topological polar surface area (TPSA) is 66.4 Å². The van der Waals surface area contributed by atoms with Crippen molar-refractivity contribution in [2.75, 3.05) is 6.54 Å². The smallest absolute Gasteiger partial charge is 0.471 e. The van der Waals surface area contributed by atoms with Gasteiger partial charge in [0.05, 0.1) is 5.41 Å². The minimum atomic E-state index is -5.02. The van der Waals surface area contributed by atoms with Crippen LogP contribution in [-0.2, 0) is 16.0 Å². The molecule has 1 aromatic carbocycles. The summed E-state index contributed by atoms with van der Waals surface area (Å²) in [5, 5.41) is 10.8. The van der Waals surface area contributed by atoms with Gasteiger partial charge in [0.1, 0.15) is 0 Å². The molecule has 0 spiro atoms. The van der Waals surface area contributed by atoms with Crippen molar-refractivity contribution < 1.29 is 27.9 Å². The Bertz CT molecular complexity index is 487. The number of benzene rings is 1. The highest BCUT2D eigenvalue weighted by Gasteiger charge is 2.41. The van der Waals surface area contributed by atoms with Gasteiger partial charge in [-0.1, -0.05) is 30.3 Å². The maximum absolute atomic E-state index is 12.1. The zero-order chi connectivity index (χ0) is 15.4. The average molecular weight is 289 g/mol. The molecule has 0 aliphatic rings. The molecule has 1 unspecified atom stereocenters. The molecule has 110 valence electrons. The summed E-state index contributed by atoms with van der Waals surface area (Å²) < 4.78 is 36.3. The summed E-state index contributed by atoms with van der Waals surface area (Å²) in [6.45, 7) is 0.689. The highest BCUT2D eigenvalue weighted by molar-refractivity contribution is 5.83. The van der Waals surface area contributed by atoms with Gasteiger partial charge in [0.25, 0.3) is 0 Å². The van der Waals surface area contributed by atoms with Gasteiger partial charge < -0.3 is 10.4 Å². The maximum atomic E-state index is 12.1. The SMILES string of the molecule is CC(CNC(=O)C(F)(F)F)(Cc1ccccc1)C(=O)O. The molecule has 0 heterocycles. The van der Waals surface area contributed by atoms with Gasteiger partial charge in [-0.15, -0.1) is 0 Å². The number of carboxylic acids is 1. The van der Waals surface area contributed by atoms with E-state index in [9.17, 15) is 27.9 Å². The normalized spacial score (nSPS) is 14.4. The van der Waals surface area contributed by atoms with Crippen LogP contribution in [0.15, 0.2) is 30.3 Å². The lowest BCUT2D eigenvalue weighted by Gasteiger charge is -2.25. The zero-order valence-electron chi connectivity index (χ0n) is 10.7. The van der Waals surface area contributed by atoms with Crippen LogP contribution in [0.4, 0.5) is 13.2 Å². The predicted molar refractivity (Wildman–Crippen MR) is 65.0 cm³/mol. The number of carbonyl (C=O) groups is 2. The number of hydrogen-bond acceptors (Lipinski definition) is 2. The van der Waals surface area contributed by atoms with E-state index in [1.54, 1.807) is 35.6 Å². The molecule has 1 rings (SSSR count). The third-order valence-corrected chi connectivity index (χ3v) is 2.85. The minimum absolute atomic E-state index is 0.0152. The predicted octanol–water partition coefficient (Wildman–Crippen LogP) is 2.00. The number of carbonyl (C=O) groups excluding carboxylic acids is 1. The van der Waals surface area contributed by atoms with Gasteiger partial charge in [0, 0.05) is 6.54 Å². The number of carboxylic acid groups (broad SMARTS) is 1. The van der Waals surface area contributed by atoms with Crippen LogP contribution >= 0.6 is 0 Å². The van der Waals surface area contributed by atoms with Crippen molar-refractivity contribution in [3.8, 4) is 0 Å². The van der Waals surface area contributed by atoms with Gasteiger partial charge in [0.15, 0.2) is 0 Å². The van der Waals surface area contributed by atoms with Gasteiger partial charge in [-0.05, 0) is 18.9 Å². The van der Waals surface area contributed by atoms with E-state index in [0.29, 0.717) is 5.56 Å². The van der Waals surface area contributed by atoms with E-state index >= 15 is 0 Å². The van der Waals surface area contributed by atoms with Crippen molar-refractivity contribution in [2.24, 2.45) is 5.41 Å². The third kappa shape index (κ3) is 4.25. The zero-order valence-corrected chi connectivity index (χ0v) is 10.7. The molecule has 7 heteroatoms. The molecule has 0 saturated heterocycles. The Balaban J connectivity index is 2.78. The van der Waals surface area contributed by atoms with Crippen molar-refractivity contribution in [2.45, 2.75) is 19.5 Å². The van der Waals surface area contributed by atoms with Crippen LogP contribution in [0.25, 0.3) is 0 Å². The fourth-order valence-electron chi connectivity index (χ4n) is 1.64. The van der Waals surface area contributed by atoms with Crippen LogP contribution in [0.1, 0.15) is 12.5 Å². The Hall–Kier alpha value is -2.05. The van der Waals surface area contributed by atoms with E-state index in [-0.39, 0.29) is 6.42 Å². The first-order valence-corrected chi connectivity index (χ1v) is 5.77. The Labute approximate surface area is 113 Å². The number of rotatable bonds is 5. The molecule has 0 aliphatic heterocycles. The van der Waals surface area contributed by atoms with Crippen LogP contribution < -0.4 is 5.32 Å². The molecular formula is C13H14F3NO3. The third-order valence-electron chi connectivity index (χ3n) is 2.85. The Morgan fingerprint density at radius 3 is 2.20 bits per heavy atom. The molecule has 0 radical (unpaired) electrons. The van der Waals surface area contributed by atoms with Crippen LogP contribution in [0.3, 0.4) is 0 Å². The van der Waals surface area contributed by atoms with E-state index in [1.165, 1.54) is 6.92 Å². The minimum Gasteiger partial charge on any atom is -0.481 e. The van der Waals surface area contributed by atoms with Crippen LogP contribution in [-0.4, -0.2) is 29.7 Å². The number of hydrogen-bond donors (Lipinski definition) is 2. The molecule has 4 nitrogen and oxygen atoms in total. The van der Waals surface area contributed by atoms with Crippen molar-refractivity contribution in [3.05, 3.63) is 35.9 Å². The Morgan fingerprint density at radius 2 is 1.75 bits per heavy atom. The first-order valence-electron chi connectivity index (χ1n) is 5.77. The van der Waals surface area contributed by atoms with E-state index in [4.69, 9.17) is 0 Å². The second-order valence-electron chi connectivity index (χ2n) is 4.71. The van der Waals surface area contributed by atoms with E-state index in [2.05, 4.69) is 0 Å². The first-order chi connectivity index (χ1) is 9.15. The Kier molecular flexibility index (Phi) is 4.75. The van der Waals surface area contributed by atoms with Gasteiger partial charge >= 0.3 is 18.1 Å². The van der Waals surface area contributed by atoms with Crippen LogP contribution in [0.5, 0.6) is 0 Å². The van der Waals surface area contributed by atoms with Crippen molar-refractivity contribution in [1.29, 1.82) is 0 Å². The van der Waals surface area contributed by atoms with Gasteiger partial charge in [-0.2, -0.15) is 13.2 Å². The lowest BCUT2D eigenvalue weighted by atomic mass is 9.83. The summed E-state index contributed by atoms with van der Waals surface area (Å²) in [4.78, 5) is 22.0. The number of aliphatic carboxylic acids is 1. The largest absolute Gasteiger partial charge is 0.481 e. The summed E-state index contributed by atoms with van der Waals surface area (Å²) in [6.07, 6.45) is -5.01. The quantitative estimate of drug-likeness (QED) is 0.871. The molecule has 0 fully saturated rings. The molecule has 0 saturated carbocycles. The van der Waals surface area contributed by atoms with E-state index in [1.807, 2.05) is 0 Å². The highest BCUT2D eigenvalue weighted by atomic mass is 19.4. The highest BCUT2D eigenvalue weighted by Crippen LogP contribution is 2.23. The molecule has 0 aromatic heterocycles. The molecule has 20 heavy (non-hydrogen) atoms. The first kappa shape index (κ1) is 16.0. The maximum Gasteiger partial charge on any atom is 0.471 e. The molecule has 2 N–H and O–H groups in total. The molecule has 1 atom stereocenters. The number of amides is 1. The molecular weight excluding hydrogens is 275 g/mol. The second kappa shape index (κ2) is 5.94. The van der Waals surface area contributed by atoms with Crippen molar-refractivity contribution in [1.82, 2.24) is 5.32 Å². The second-order valence-corrected chi connectivity index (χ2v) is 4.71. The monoisotopic (exact) mass is 289 g/mol. The van der Waals surface area contributed by atoms with Gasteiger partial charge in [0.2, 0.25) is 0 Å². The fraction of sp³-hybridized carbons (Fsp3) is 0.385. The number of halogens is 3. The summed E-state index contributed by atoms with van der Waals surface area (Å²) in [7, 11) is 0. The molecule has 0 bridgehead atoms. The Morgan fingerprint density at radius 1 is 1.20 bits per heavy atom. The van der Waals surface area contributed by atoms with E-state index in [0.717, 1.165) is 0 Å². The van der Waals surface area contributed by atoms with Crippen molar-refractivity contribution >= 4 is 11.9 Å². The summed E-state index contributed by atoms with van der Waals surface area (Å²) in [6, 6.07) is 8.49. The summed E-state index contributed by atoms with van der Waals surface area (Å²) in [5.74, 6) is -3.41. The van der Waals surface area contributed by atoms with Crippen LogP contribution in [0, 0.1) is 5.41 Å². The molecule has 0 aliphatic carbocycles. The number of alkyl halides is 3. The molecule has 1 aromatic rings. The van der Waals surface area contributed by atoms with Crippen LogP contribution in [0.2, 0.25) is 0 Å². The molecule has 1 amide bonds. The average Bonchev–Trinajstić information content (AvgIpc) is 2.35. The van der Waals surface area contributed by atoms with Crippen molar-refractivity contribution in [3.63, 3.8) is 0 Å².